The van der Waals surface area contributed by atoms with E-state index >= 15 is 0 Å². The van der Waals surface area contributed by atoms with Crippen molar-refractivity contribution >= 4 is 50.9 Å². The van der Waals surface area contributed by atoms with Gasteiger partial charge in [0.25, 0.3) is 5.91 Å². The monoisotopic (exact) mass is 531 g/mol. The first-order valence-corrected chi connectivity index (χ1v) is 12.2. The number of carbonyl (C=O) groups is 1. The van der Waals surface area contributed by atoms with Crippen molar-refractivity contribution in [3.05, 3.63) is 87.1 Å². The first kappa shape index (κ1) is 25.2. The summed E-state index contributed by atoms with van der Waals surface area (Å²) < 4.78 is 42.9. The summed E-state index contributed by atoms with van der Waals surface area (Å²) in [5, 5.41) is 3.36. The highest BCUT2D eigenvalue weighted by molar-refractivity contribution is 7.86. The van der Waals surface area contributed by atoms with Gasteiger partial charge in [0.1, 0.15) is 10.6 Å². The molecule has 3 rings (SSSR count). The number of halogens is 4. The molecule has 0 saturated heterocycles. The molecule has 3 aromatic rings. The van der Waals surface area contributed by atoms with Crippen molar-refractivity contribution in [2.24, 2.45) is 0 Å². The number of hydrogen-bond acceptors (Lipinski definition) is 4. The zero-order valence-electron chi connectivity index (χ0n) is 17.1. The van der Waals surface area contributed by atoms with Crippen LogP contribution in [0.3, 0.4) is 0 Å². The lowest BCUT2D eigenvalue weighted by Crippen LogP contribution is -2.34. The summed E-state index contributed by atoms with van der Waals surface area (Å²) in [7, 11) is -4.89. The second-order valence-electron chi connectivity index (χ2n) is 7.05. The highest BCUT2D eigenvalue weighted by Gasteiger charge is 2.18. The second-order valence-corrected chi connectivity index (χ2v) is 9.58. The van der Waals surface area contributed by atoms with Crippen molar-refractivity contribution in [3.8, 4) is 5.75 Å². The van der Waals surface area contributed by atoms with Gasteiger partial charge in [-0.25, -0.2) is 4.57 Å². The summed E-state index contributed by atoms with van der Waals surface area (Å²) in [6, 6.07) is 12.7. The van der Waals surface area contributed by atoms with E-state index in [1.807, 2.05) is 29.1 Å². The fraction of sp³-hybridized carbons (Fsp3) is 0.182. The van der Waals surface area contributed by atoms with Gasteiger partial charge in [-0.2, -0.15) is 8.42 Å². The molecule has 0 aliphatic heterocycles. The van der Waals surface area contributed by atoms with E-state index in [0.717, 1.165) is 5.56 Å². The Hall–Kier alpha value is -2.39. The van der Waals surface area contributed by atoms with Gasteiger partial charge in [-0.3, -0.25) is 4.79 Å². The van der Waals surface area contributed by atoms with Gasteiger partial charge in [-0.05, 0) is 36.2 Å². The number of ether oxygens (including phenoxy) is 1. The van der Waals surface area contributed by atoms with Gasteiger partial charge in [-0.15, -0.1) is 3.89 Å². The lowest BCUT2D eigenvalue weighted by atomic mass is 10.2. The number of rotatable bonds is 9. The van der Waals surface area contributed by atoms with E-state index in [1.54, 1.807) is 18.2 Å². The average molecular weight is 533 g/mol. The van der Waals surface area contributed by atoms with Gasteiger partial charge in [0.2, 0.25) is 0 Å². The third-order valence-electron chi connectivity index (χ3n) is 4.58. The first-order chi connectivity index (χ1) is 15.6. The van der Waals surface area contributed by atoms with Crippen LogP contribution < -0.4 is 14.6 Å². The molecule has 0 radical (unpaired) electrons. The topological polar surface area (TPSA) is 76.3 Å². The van der Waals surface area contributed by atoms with Crippen molar-refractivity contribution in [2.45, 2.75) is 17.9 Å². The van der Waals surface area contributed by atoms with E-state index < -0.39 is 15.1 Å². The molecule has 11 heteroatoms. The predicted octanol–water partition coefficient (Wildman–Crippen LogP) is 4.38. The standard InChI is InChI=1S/C22H18Cl3FN2O4S/c23-18-4-2-17(12-20(18)25)32-14-22(29)27-8-5-15-6-9-28(10-7-15)13-16-1-3-19(24)21(11-16)33(26,30)31/h1-4,6-7,9-12H,5,8,13-14H2/p+1. The van der Waals surface area contributed by atoms with E-state index in [4.69, 9.17) is 39.5 Å². The Morgan fingerprint density at radius 1 is 0.939 bits per heavy atom. The largest absolute Gasteiger partial charge is 0.484 e. The third-order valence-corrected chi connectivity index (χ3v) is 6.62. The average Bonchev–Trinajstić information content (AvgIpc) is 2.76. The fourth-order valence-corrected chi connectivity index (χ4v) is 4.19. The Kier molecular flexibility index (Phi) is 8.53. The number of amides is 1. The zero-order chi connectivity index (χ0) is 24.0. The number of pyridine rings is 1. The van der Waals surface area contributed by atoms with Crippen LogP contribution in [-0.4, -0.2) is 27.5 Å². The van der Waals surface area contributed by atoms with Crippen molar-refractivity contribution < 1.29 is 26.4 Å². The molecule has 1 heterocycles. The number of nitrogens with one attached hydrogen (secondary N) is 1. The van der Waals surface area contributed by atoms with E-state index in [-0.39, 0.29) is 17.5 Å². The van der Waals surface area contributed by atoms with Crippen molar-refractivity contribution in [3.63, 3.8) is 0 Å². The Morgan fingerprint density at radius 2 is 1.64 bits per heavy atom. The number of carbonyl (C=O) groups excluding carboxylic acids is 1. The second kappa shape index (κ2) is 11.2. The Balaban J connectivity index is 1.47. The summed E-state index contributed by atoms with van der Waals surface area (Å²) in [4.78, 5) is 11.4. The fourth-order valence-electron chi connectivity index (χ4n) is 2.92. The van der Waals surface area contributed by atoms with Gasteiger partial charge in [0, 0.05) is 30.3 Å². The molecular weight excluding hydrogens is 514 g/mol. The number of benzene rings is 2. The molecule has 0 atom stereocenters. The van der Waals surface area contributed by atoms with Crippen LogP contribution in [-0.2, 0) is 28.0 Å². The van der Waals surface area contributed by atoms with Crippen molar-refractivity contribution in [1.29, 1.82) is 0 Å². The third kappa shape index (κ3) is 7.57. The summed E-state index contributed by atoms with van der Waals surface area (Å²) in [6.07, 6.45) is 4.22. The zero-order valence-corrected chi connectivity index (χ0v) is 20.2. The molecule has 0 unspecified atom stereocenters. The van der Waals surface area contributed by atoms with Crippen molar-refractivity contribution in [1.82, 2.24) is 5.32 Å². The molecule has 6 nitrogen and oxygen atoms in total. The molecule has 33 heavy (non-hydrogen) atoms. The van der Waals surface area contributed by atoms with E-state index in [9.17, 15) is 17.1 Å². The first-order valence-electron chi connectivity index (χ1n) is 9.67. The predicted molar refractivity (Wildman–Crippen MR) is 124 cm³/mol. The molecule has 2 aromatic carbocycles. The number of nitrogens with zero attached hydrogens (tertiary/aromatic N) is 1. The van der Waals surface area contributed by atoms with E-state index in [2.05, 4.69) is 5.32 Å². The van der Waals surface area contributed by atoms with Crippen LogP contribution in [0.25, 0.3) is 0 Å². The molecule has 174 valence electrons. The highest BCUT2D eigenvalue weighted by Crippen LogP contribution is 2.26. The Labute approximate surface area is 206 Å². The number of aromatic nitrogens is 1. The van der Waals surface area contributed by atoms with Crippen LogP contribution in [0.1, 0.15) is 11.1 Å². The Morgan fingerprint density at radius 3 is 2.30 bits per heavy atom. The molecule has 0 saturated carbocycles. The summed E-state index contributed by atoms with van der Waals surface area (Å²) in [6.45, 7) is 0.607. The summed E-state index contributed by atoms with van der Waals surface area (Å²) in [5.41, 5.74) is 1.57. The van der Waals surface area contributed by atoms with E-state index in [1.165, 1.54) is 18.2 Å². The summed E-state index contributed by atoms with van der Waals surface area (Å²) in [5.74, 6) is 0.178. The lowest BCUT2D eigenvalue weighted by molar-refractivity contribution is -0.688. The molecule has 1 N–H and O–H groups in total. The van der Waals surface area contributed by atoms with E-state index in [0.29, 0.717) is 40.9 Å². The van der Waals surface area contributed by atoms with Gasteiger partial charge in [0.05, 0.1) is 15.1 Å². The van der Waals surface area contributed by atoms with Crippen LogP contribution in [0.2, 0.25) is 15.1 Å². The molecule has 1 amide bonds. The molecule has 0 aliphatic rings. The quantitative estimate of drug-likeness (QED) is 0.328. The van der Waals surface area contributed by atoms with Crippen LogP contribution in [0.15, 0.2) is 65.8 Å². The van der Waals surface area contributed by atoms with Crippen LogP contribution in [0.5, 0.6) is 5.75 Å². The van der Waals surface area contributed by atoms with Gasteiger partial charge in [0.15, 0.2) is 25.5 Å². The minimum Gasteiger partial charge on any atom is -0.484 e. The minimum absolute atomic E-state index is 0.148. The molecule has 0 bridgehead atoms. The van der Waals surface area contributed by atoms with Gasteiger partial charge >= 0.3 is 10.2 Å². The maximum absolute atomic E-state index is 13.3. The molecular formula is C22H19Cl3FN2O4S+. The smallest absolute Gasteiger partial charge is 0.333 e. The van der Waals surface area contributed by atoms with Gasteiger partial charge < -0.3 is 10.1 Å². The maximum Gasteiger partial charge on any atom is 0.333 e. The maximum atomic E-state index is 13.3. The van der Waals surface area contributed by atoms with Gasteiger partial charge in [-0.1, -0.05) is 40.9 Å². The van der Waals surface area contributed by atoms with Crippen molar-refractivity contribution in [2.75, 3.05) is 13.2 Å². The lowest BCUT2D eigenvalue weighted by Gasteiger charge is -2.08. The van der Waals surface area contributed by atoms with Crippen LogP contribution in [0.4, 0.5) is 3.89 Å². The highest BCUT2D eigenvalue weighted by atomic mass is 35.5. The molecule has 0 spiro atoms. The number of hydrogen-bond donors (Lipinski definition) is 1. The normalized spacial score (nSPS) is 11.3. The molecule has 1 aromatic heterocycles. The SMILES string of the molecule is O=C(COc1ccc(Cl)c(Cl)c1)NCCc1cc[n+](Cc2ccc(Cl)c(S(=O)(=O)F)c2)cc1. The van der Waals surface area contributed by atoms with Crippen LogP contribution >= 0.6 is 34.8 Å². The Bertz CT molecular complexity index is 1250. The molecule has 0 aliphatic carbocycles. The van der Waals surface area contributed by atoms with Crippen LogP contribution in [0, 0.1) is 0 Å². The molecule has 0 fully saturated rings. The minimum atomic E-state index is -4.89. The summed E-state index contributed by atoms with van der Waals surface area (Å²) >= 11 is 17.5.